The van der Waals surface area contributed by atoms with E-state index in [0.29, 0.717) is 17.0 Å². The molecular weight excluding hydrogens is 410 g/mol. The van der Waals surface area contributed by atoms with Gasteiger partial charge in [-0.15, -0.1) is 0 Å². The molecule has 1 saturated heterocycles. The van der Waals surface area contributed by atoms with Crippen LogP contribution in [0.1, 0.15) is 27.1 Å². The number of hydrogen-bond donors (Lipinski definition) is 0. The number of rotatable bonds is 6. The van der Waals surface area contributed by atoms with E-state index in [-0.39, 0.29) is 46.8 Å². The standard InChI is InChI=1S/C25H21NO6/c1-31-19-7-3-4-14(12-19)20(27)13-32-25(30)17-5-2-6-18(11-17)26-23(28)21-15-8-9-16(10-15)22(21)24(26)29/h2-9,11-12,15-16,21-22H,10,13H2,1H3/t15-,16-,21-,22-/m0/s1. The number of nitrogens with zero attached hydrogens (tertiary/aromatic N) is 1. The molecule has 1 aliphatic heterocycles. The van der Waals surface area contributed by atoms with Gasteiger partial charge in [-0.2, -0.15) is 0 Å². The Kier molecular flexibility index (Phi) is 4.89. The first-order valence-electron chi connectivity index (χ1n) is 10.5. The van der Waals surface area contributed by atoms with Gasteiger partial charge < -0.3 is 9.47 Å². The van der Waals surface area contributed by atoms with Crippen molar-refractivity contribution in [2.75, 3.05) is 18.6 Å². The highest BCUT2D eigenvalue weighted by Gasteiger charge is 2.59. The van der Waals surface area contributed by atoms with Crippen LogP contribution in [0.5, 0.6) is 5.75 Å². The maximum Gasteiger partial charge on any atom is 0.338 e. The Balaban J connectivity index is 1.29. The molecule has 2 fully saturated rings. The molecule has 0 aromatic heterocycles. The largest absolute Gasteiger partial charge is 0.497 e. The molecular formula is C25H21NO6. The molecule has 5 rings (SSSR count). The smallest absolute Gasteiger partial charge is 0.338 e. The minimum absolute atomic E-state index is 0.113. The molecule has 32 heavy (non-hydrogen) atoms. The van der Waals surface area contributed by atoms with E-state index in [4.69, 9.17) is 9.47 Å². The highest BCUT2D eigenvalue weighted by atomic mass is 16.5. The molecule has 0 N–H and O–H groups in total. The third-order valence-corrected chi connectivity index (χ3v) is 6.54. The summed E-state index contributed by atoms with van der Waals surface area (Å²) in [5.74, 6) is -1.36. The second-order valence-corrected chi connectivity index (χ2v) is 8.29. The summed E-state index contributed by atoms with van der Waals surface area (Å²) in [5, 5.41) is 0. The molecule has 162 valence electrons. The van der Waals surface area contributed by atoms with E-state index in [1.165, 1.54) is 24.1 Å². The van der Waals surface area contributed by atoms with Crippen molar-refractivity contribution < 1.29 is 28.7 Å². The minimum atomic E-state index is -0.705. The molecule has 7 nitrogen and oxygen atoms in total. The molecule has 2 amide bonds. The van der Waals surface area contributed by atoms with Crippen molar-refractivity contribution in [1.82, 2.24) is 0 Å². The average molecular weight is 431 g/mol. The fourth-order valence-electron chi connectivity index (χ4n) is 5.02. The first-order valence-corrected chi connectivity index (χ1v) is 10.5. The van der Waals surface area contributed by atoms with E-state index in [0.717, 1.165) is 6.42 Å². The van der Waals surface area contributed by atoms with E-state index in [1.54, 1.807) is 36.4 Å². The molecule has 1 saturated carbocycles. The fraction of sp³-hybridized carbons (Fsp3) is 0.280. The molecule has 3 aliphatic rings. The number of hydrogen-bond acceptors (Lipinski definition) is 6. The van der Waals surface area contributed by atoms with Crippen LogP contribution in [0, 0.1) is 23.7 Å². The summed E-state index contributed by atoms with van der Waals surface area (Å²) in [5.41, 5.74) is 0.885. The number of fused-ring (bicyclic) bond motifs is 5. The molecule has 0 unspecified atom stereocenters. The number of amides is 2. The van der Waals surface area contributed by atoms with Gasteiger partial charge in [0.25, 0.3) is 0 Å². The van der Waals surface area contributed by atoms with Crippen molar-refractivity contribution in [1.29, 1.82) is 0 Å². The van der Waals surface area contributed by atoms with E-state index in [9.17, 15) is 19.2 Å². The Hall–Kier alpha value is -3.74. The number of esters is 1. The minimum Gasteiger partial charge on any atom is -0.497 e. The first-order chi connectivity index (χ1) is 15.5. The lowest BCUT2D eigenvalue weighted by Crippen LogP contribution is -2.33. The van der Waals surface area contributed by atoms with Gasteiger partial charge in [-0.05, 0) is 48.6 Å². The van der Waals surface area contributed by atoms with E-state index >= 15 is 0 Å². The maximum absolute atomic E-state index is 13.0. The Morgan fingerprint density at radius 2 is 1.59 bits per heavy atom. The van der Waals surface area contributed by atoms with Crippen molar-refractivity contribution >= 4 is 29.3 Å². The number of ether oxygens (including phenoxy) is 2. The van der Waals surface area contributed by atoms with Crippen LogP contribution < -0.4 is 9.64 Å². The lowest BCUT2D eigenvalue weighted by Gasteiger charge is -2.18. The highest BCUT2D eigenvalue weighted by Crippen LogP contribution is 2.53. The summed E-state index contributed by atoms with van der Waals surface area (Å²) in [6, 6.07) is 12.8. The summed E-state index contributed by atoms with van der Waals surface area (Å²) in [7, 11) is 1.50. The Bertz CT molecular complexity index is 1140. The van der Waals surface area contributed by atoms with E-state index in [1.807, 2.05) is 12.2 Å². The van der Waals surface area contributed by atoms with Crippen LogP contribution in [0.25, 0.3) is 0 Å². The topological polar surface area (TPSA) is 90.0 Å². The normalized spacial score (nSPS) is 25.2. The zero-order valence-corrected chi connectivity index (χ0v) is 17.4. The number of methoxy groups -OCH3 is 1. The summed E-state index contributed by atoms with van der Waals surface area (Å²) >= 11 is 0. The second-order valence-electron chi connectivity index (χ2n) is 8.29. The van der Waals surface area contributed by atoms with Crippen LogP contribution in [0.3, 0.4) is 0 Å². The lowest BCUT2D eigenvalue weighted by atomic mass is 9.85. The van der Waals surface area contributed by atoms with Gasteiger partial charge in [-0.25, -0.2) is 9.69 Å². The van der Waals surface area contributed by atoms with E-state index in [2.05, 4.69) is 0 Å². The predicted molar refractivity (Wildman–Crippen MR) is 114 cm³/mol. The molecule has 7 heteroatoms. The zero-order chi connectivity index (χ0) is 22.4. The number of ketones is 1. The van der Waals surface area contributed by atoms with Crippen molar-refractivity contribution in [2.45, 2.75) is 6.42 Å². The second kappa shape index (κ2) is 7.75. The van der Waals surface area contributed by atoms with Gasteiger partial charge in [0, 0.05) is 5.56 Å². The lowest BCUT2D eigenvalue weighted by molar-refractivity contribution is -0.123. The summed E-state index contributed by atoms with van der Waals surface area (Å²) in [6.07, 6.45) is 4.93. The zero-order valence-electron chi connectivity index (χ0n) is 17.4. The Labute approximate surface area is 184 Å². The van der Waals surface area contributed by atoms with Crippen molar-refractivity contribution in [2.24, 2.45) is 23.7 Å². The van der Waals surface area contributed by atoms with E-state index < -0.39 is 12.6 Å². The summed E-state index contributed by atoms with van der Waals surface area (Å²) in [4.78, 5) is 52.1. The Morgan fingerprint density at radius 3 is 2.28 bits per heavy atom. The SMILES string of the molecule is COc1cccc(C(=O)COC(=O)c2cccc(N3C(=O)[C@@H]4[C@@H](C3=O)[C@H]3C=C[C@H]4C3)c2)c1. The number of carbonyl (C=O) groups excluding carboxylic acids is 4. The number of benzene rings is 2. The van der Waals surface area contributed by atoms with Gasteiger partial charge in [0.15, 0.2) is 12.4 Å². The number of Topliss-reactive ketones (excluding diaryl/α,β-unsaturated/α-hetero) is 1. The number of anilines is 1. The Morgan fingerprint density at radius 1 is 0.938 bits per heavy atom. The molecule has 2 aliphatic carbocycles. The number of allylic oxidation sites excluding steroid dienone is 2. The summed E-state index contributed by atoms with van der Waals surface area (Å²) in [6.45, 7) is -0.434. The van der Waals surface area contributed by atoms with Crippen molar-refractivity contribution in [3.05, 3.63) is 71.8 Å². The van der Waals surface area contributed by atoms with Crippen molar-refractivity contribution in [3.63, 3.8) is 0 Å². The van der Waals surface area contributed by atoms with Crippen LogP contribution in [-0.2, 0) is 14.3 Å². The third-order valence-electron chi connectivity index (χ3n) is 6.54. The molecule has 2 bridgehead atoms. The molecule has 4 atom stereocenters. The van der Waals surface area contributed by atoms with Crippen LogP contribution >= 0.6 is 0 Å². The van der Waals surface area contributed by atoms with Crippen molar-refractivity contribution in [3.8, 4) is 5.75 Å². The predicted octanol–water partition coefficient (Wildman–Crippen LogP) is 3.05. The monoisotopic (exact) mass is 431 g/mol. The molecule has 0 spiro atoms. The molecule has 2 aromatic rings. The number of carbonyl (C=O) groups is 4. The van der Waals surface area contributed by atoms with Gasteiger partial charge in [0.05, 0.1) is 30.2 Å². The van der Waals surface area contributed by atoms with Gasteiger partial charge in [0.2, 0.25) is 11.8 Å². The van der Waals surface area contributed by atoms with Crippen LogP contribution in [0.15, 0.2) is 60.7 Å². The molecule has 2 aromatic carbocycles. The number of imide groups is 1. The van der Waals surface area contributed by atoms with Crippen LogP contribution in [0.2, 0.25) is 0 Å². The highest BCUT2D eigenvalue weighted by molar-refractivity contribution is 6.23. The summed E-state index contributed by atoms with van der Waals surface area (Å²) < 4.78 is 10.3. The van der Waals surface area contributed by atoms with Gasteiger partial charge >= 0.3 is 5.97 Å². The fourth-order valence-corrected chi connectivity index (χ4v) is 5.02. The average Bonchev–Trinajstić information content (AvgIpc) is 3.51. The van der Waals surface area contributed by atoms with Gasteiger partial charge in [0.1, 0.15) is 5.75 Å². The molecule has 1 heterocycles. The molecule has 0 radical (unpaired) electrons. The van der Waals surface area contributed by atoms with Gasteiger partial charge in [-0.1, -0.05) is 30.4 Å². The maximum atomic E-state index is 13.0. The van der Waals surface area contributed by atoms with Gasteiger partial charge in [-0.3, -0.25) is 14.4 Å². The first kappa shape index (κ1) is 20.2. The quantitative estimate of drug-likeness (QED) is 0.302. The van der Waals surface area contributed by atoms with Crippen LogP contribution in [0.4, 0.5) is 5.69 Å². The van der Waals surface area contributed by atoms with Crippen LogP contribution in [-0.4, -0.2) is 37.3 Å². The third kappa shape index (κ3) is 3.21.